The fraction of sp³-hybridized carbons (Fsp3) is 0.214. The van der Waals surface area contributed by atoms with Crippen LogP contribution in [0.5, 0.6) is 0 Å². The summed E-state index contributed by atoms with van der Waals surface area (Å²) in [4.78, 5) is 28.9. The van der Waals surface area contributed by atoms with Crippen molar-refractivity contribution >= 4 is 16.7 Å². The second-order valence-electron chi connectivity index (χ2n) is 4.47. The van der Waals surface area contributed by atoms with Crippen molar-refractivity contribution in [2.24, 2.45) is 7.05 Å². The highest BCUT2D eigenvalue weighted by atomic mass is 16.1. The molecule has 0 unspecified atom stereocenters. The van der Waals surface area contributed by atoms with E-state index < -0.39 is 0 Å². The molecule has 0 N–H and O–H groups in total. The summed E-state index contributed by atoms with van der Waals surface area (Å²) in [6.07, 6.45) is 2.28. The molecular weight excluding hydrogens is 242 g/mol. The highest BCUT2D eigenvalue weighted by Gasteiger charge is 2.11. The first kappa shape index (κ1) is 11.6. The quantitative estimate of drug-likeness (QED) is 0.612. The SMILES string of the molecule is CCc1cc2c(=O)n3ccccc3nc2n(C)c1=O. The van der Waals surface area contributed by atoms with Crippen molar-refractivity contribution in [1.29, 1.82) is 0 Å². The molecule has 3 rings (SSSR count). The maximum absolute atomic E-state index is 12.4. The highest BCUT2D eigenvalue weighted by molar-refractivity contribution is 5.77. The van der Waals surface area contributed by atoms with E-state index in [1.807, 2.05) is 13.0 Å². The van der Waals surface area contributed by atoms with Crippen LogP contribution in [0, 0.1) is 0 Å². The molecule has 96 valence electrons. The number of fused-ring (bicyclic) bond motifs is 2. The van der Waals surface area contributed by atoms with Crippen molar-refractivity contribution in [2.45, 2.75) is 13.3 Å². The fourth-order valence-electron chi connectivity index (χ4n) is 2.27. The topological polar surface area (TPSA) is 56.4 Å². The smallest absolute Gasteiger partial charge is 0.267 e. The largest absolute Gasteiger partial charge is 0.295 e. The van der Waals surface area contributed by atoms with Crippen LogP contribution in [0.1, 0.15) is 12.5 Å². The summed E-state index contributed by atoms with van der Waals surface area (Å²) in [7, 11) is 1.65. The lowest BCUT2D eigenvalue weighted by Crippen LogP contribution is -2.25. The molecule has 0 fully saturated rings. The van der Waals surface area contributed by atoms with Gasteiger partial charge < -0.3 is 0 Å². The second kappa shape index (κ2) is 4.05. The Morgan fingerprint density at radius 2 is 2.00 bits per heavy atom. The van der Waals surface area contributed by atoms with Gasteiger partial charge in [-0.05, 0) is 24.6 Å². The molecule has 5 nitrogen and oxygen atoms in total. The zero-order chi connectivity index (χ0) is 13.6. The van der Waals surface area contributed by atoms with Gasteiger partial charge in [0.05, 0.1) is 5.39 Å². The second-order valence-corrected chi connectivity index (χ2v) is 4.47. The van der Waals surface area contributed by atoms with Crippen LogP contribution in [0.4, 0.5) is 0 Å². The van der Waals surface area contributed by atoms with E-state index in [1.165, 1.54) is 8.97 Å². The molecule has 3 heterocycles. The van der Waals surface area contributed by atoms with Crippen molar-refractivity contribution in [2.75, 3.05) is 0 Å². The molecule has 0 aliphatic rings. The van der Waals surface area contributed by atoms with Crippen LogP contribution in [0.3, 0.4) is 0 Å². The van der Waals surface area contributed by atoms with E-state index in [1.54, 1.807) is 31.4 Å². The Hall–Kier alpha value is -2.43. The highest BCUT2D eigenvalue weighted by Crippen LogP contribution is 2.08. The van der Waals surface area contributed by atoms with E-state index in [2.05, 4.69) is 4.98 Å². The van der Waals surface area contributed by atoms with Crippen molar-refractivity contribution in [3.05, 3.63) is 56.7 Å². The summed E-state index contributed by atoms with van der Waals surface area (Å²) in [5, 5.41) is 0.475. The van der Waals surface area contributed by atoms with Gasteiger partial charge in [-0.1, -0.05) is 13.0 Å². The van der Waals surface area contributed by atoms with Crippen LogP contribution in [0.2, 0.25) is 0 Å². The summed E-state index contributed by atoms with van der Waals surface area (Å²) in [5.41, 5.74) is 1.36. The van der Waals surface area contributed by atoms with E-state index in [-0.39, 0.29) is 11.1 Å². The molecule has 0 spiro atoms. The van der Waals surface area contributed by atoms with Crippen molar-refractivity contribution < 1.29 is 0 Å². The molecule has 0 radical (unpaired) electrons. The first-order valence-electron chi connectivity index (χ1n) is 6.13. The van der Waals surface area contributed by atoms with Crippen LogP contribution in [0.15, 0.2) is 40.1 Å². The van der Waals surface area contributed by atoms with E-state index in [0.717, 1.165) is 0 Å². The van der Waals surface area contributed by atoms with Crippen molar-refractivity contribution in [1.82, 2.24) is 14.0 Å². The monoisotopic (exact) mass is 255 g/mol. The van der Waals surface area contributed by atoms with Gasteiger partial charge in [-0.25, -0.2) is 4.98 Å². The summed E-state index contributed by atoms with van der Waals surface area (Å²) >= 11 is 0. The molecule has 19 heavy (non-hydrogen) atoms. The minimum atomic E-state index is -0.147. The van der Waals surface area contributed by atoms with Gasteiger partial charge in [-0.15, -0.1) is 0 Å². The van der Waals surface area contributed by atoms with Gasteiger partial charge in [-0.3, -0.25) is 18.6 Å². The molecule has 0 saturated heterocycles. The van der Waals surface area contributed by atoms with Gasteiger partial charge in [0.15, 0.2) is 5.65 Å². The number of nitrogens with zero attached hydrogens (tertiary/aromatic N) is 3. The third kappa shape index (κ3) is 1.58. The van der Waals surface area contributed by atoms with Crippen LogP contribution in [0.25, 0.3) is 16.7 Å². The summed E-state index contributed by atoms with van der Waals surface area (Å²) in [6, 6.07) is 7.00. The summed E-state index contributed by atoms with van der Waals surface area (Å²) < 4.78 is 2.94. The van der Waals surface area contributed by atoms with Crippen LogP contribution in [-0.2, 0) is 13.5 Å². The molecule has 0 atom stereocenters. The van der Waals surface area contributed by atoms with Crippen LogP contribution in [-0.4, -0.2) is 14.0 Å². The lowest BCUT2D eigenvalue weighted by molar-refractivity contribution is 0.856. The van der Waals surface area contributed by atoms with Gasteiger partial charge in [0.25, 0.3) is 11.1 Å². The Labute approximate surface area is 108 Å². The molecule has 0 aliphatic carbocycles. The third-order valence-corrected chi connectivity index (χ3v) is 3.35. The van der Waals surface area contributed by atoms with E-state index in [4.69, 9.17) is 0 Å². The third-order valence-electron chi connectivity index (χ3n) is 3.35. The lowest BCUT2D eigenvalue weighted by Gasteiger charge is -2.08. The molecule has 0 amide bonds. The molecule has 0 aliphatic heterocycles. The average Bonchev–Trinajstić information content (AvgIpc) is 2.44. The minimum Gasteiger partial charge on any atom is -0.295 e. The van der Waals surface area contributed by atoms with Gasteiger partial charge in [-0.2, -0.15) is 0 Å². The molecule has 0 aromatic carbocycles. The Morgan fingerprint density at radius 1 is 1.21 bits per heavy atom. The predicted octanol–water partition coefficient (Wildman–Crippen LogP) is 1.11. The maximum Gasteiger partial charge on any atom is 0.267 e. The molecule has 0 saturated carbocycles. The number of aryl methyl sites for hydroxylation is 2. The number of pyridine rings is 2. The fourth-order valence-corrected chi connectivity index (χ4v) is 2.27. The normalized spacial score (nSPS) is 11.3. The van der Waals surface area contributed by atoms with Crippen LogP contribution < -0.4 is 11.1 Å². The van der Waals surface area contributed by atoms with Gasteiger partial charge in [0.2, 0.25) is 0 Å². The maximum atomic E-state index is 12.4. The standard InChI is InChI=1S/C14H13N3O2/c1-3-9-8-10-12(16(2)13(9)18)15-11-6-4-5-7-17(11)14(10)19/h4-8H,3H2,1-2H3. The molecular formula is C14H13N3O2. The molecule has 3 aromatic rings. The number of aromatic nitrogens is 3. The number of hydrogen-bond donors (Lipinski definition) is 0. The Morgan fingerprint density at radius 3 is 2.74 bits per heavy atom. The van der Waals surface area contributed by atoms with Crippen molar-refractivity contribution in [3.8, 4) is 0 Å². The zero-order valence-corrected chi connectivity index (χ0v) is 10.8. The number of hydrogen-bond acceptors (Lipinski definition) is 3. The summed E-state index contributed by atoms with van der Waals surface area (Å²) in [5.74, 6) is 0. The Balaban J connectivity index is 2.63. The number of rotatable bonds is 1. The van der Waals surface area contributed by atoms with Gasteiger partial charge >= 0.3 is 0 Å². The van der Waals surface area contributed by atoms with E-state index in [0.29, 0.717) is 28.7 Å². The first-order valence-corrected chi connectivity index (χ1v) is 6.13. The predicted molar refractivity (Wildman–Crippen MR) is 73.6 cm³/mol. The van der Waals surface area contributed by atoms with E-state index in [9.17, 15) is 9.59 Å². The van der Waals surface area contributed by atoms with Gasteiger partial charge in [0.1, 0.15) is 5.65 Å². The minimum absolute atomic E-state index is 0.0952. The first-order chi connectivity index (χ1) is 9.13. The lowest BCUT2D eigenvalue weighted by atomic mass is 10.2. The molecule has 3 aromatic heterocycles. The van der Waals surface area contributed by atoms with Crippen molar-refractivity contribution in [3.63, 3.8) is 0 Å². The summed E-state index contributed by atoms with van der Waals surface area (Å²) in [6.45, 7) is 1.90. The molecule has 5 heteroatoms. The van der Waals surface area contributed by atoms with Crippen LogP contribution >= 0.6 is 0 Å². The average molecular weight is 255 g/mol. The Kier molecular flexibility index (Phi) is 2.48. The zero-order valence-electron chi connectivity index (χ0n) is 10.8. The van der Waals surface area contributed by atoms with E-state index >= 15 is 0 Å². The Bertz CT molecular complexity index is 906. The van der Waals surface area contributed by atoms with Gasteiger partial charge in [0, 0.05) is 18.8 Å². The molecule has 0 bridgehead atoms.